The molecule has 0 aromatic heterocycles. The Morgan fingerprint density at radius 2 is 1.52 bits per heavy atom. The van der Waals surface area contributed by atoms with E-state index in [1.54, 1.807) is 38.5 Å². The fourth-order valence-corrected chi connectivity index (χ4v) is 7.24. The van der Waals surface area contributed by atoms with E-state index in [1.807, 2.05) is 0 Å². The fourth-order valence-electron chi connectivity index (χ4n) is 7.24. The molecule has 0 heterocycles. The highest BCUT2D eigenvalue weighted by molar-refractivity contribution is 5.02. The van der Waals surface area contributed by atoms with Gasteiger partial charge in [-0.25, -0.2) is 0 Å². The molecular weight excluding hydrogens is 254 g/mol. The SMILES string of the molecule is CCNC(CC1CCCC1)CC12CC3CC(CC(C3)C1)C2. The van der Waals surface area contributed by atoms with Crippen molar-refractivity contribution in [3.05, 3.63) is 0 Å². The van der Waals surface area contributed by atoms with Crippen LogP contribution in [0.1, 0.15) is 84.0 Å². The van der Waals surface area contributed by atoms with Gasteiger partial charge in [0, 0.05) is 6.04 Å². The van der Waals surface area contributed by atoms with Gasteiger partial charge in [-0.05, 0) is 87.0 Å². The maximum absolute atomic E-state index is 3.88. The molecule has 1 N–H and O–H groups in total. The summed E-state index contributed by atoms with van der Waals surface area (Å²) in [5.41, 5.74) is 0.764. The summed E-state index contributed by atoms with van der Waals surface area (Å²) in [5.74, 6) is 4.39. The highest BCUT2D eigenvalue weighted by Crippen LogP contribution is 2.61. The van der Waals surface area contributed by atoms with Crippen molar-refractivity contribution < 1.29 is 0 Å². The second kappa shape index (κ2) is 5.87. The van der Waals surface area contributed by atoms with Crippen LogP contribution in [-0.2, 0) is 0 Å². The van der Waals surface area contributed by atoms with E-state index in [4.69, 9.17) is 0 Å². The second-order valence-corrected chi connectivity index (χ2v) is 9.26. The molecule has 1 unspecified atom stereocenters. The van der Waals surface area contributed by atoms with Crippen LogP contribution in [0, 0.1) is 29.1 Å². The molecule has 0 spiro atoms. The van der Waals surface area contributed by atoms with Crippen LogP contribution in [0.5, 0.6) is 0 Å². The summed E-state index contributed by atoms with van der Waals surface area (Å²) in [6.45, 7) is 3.48. The normalized spacial score (nSPS) is 43.6. The zero-order valence-electron chi connectivity index (χ0n) is 14.1. The minimum Gasteiger partial charge on any atom is -0.314 e. The molecule has 0 amide bonds. The molecule has 1 heteroatoms. The Balaban J connectivity index is 1.42. The summed E-state index contributed by atoms with van der Waals surface area (Å²) >= 11 is 0. The lowest BCUT2D eigenvalue weighted by Gasteiger charge is -2.58. The van der Waals surface area contributed by atoms with Gasteiger partial charge in [0.05, 0.1) is 0 Å². The Morgan fingerprint density at radius 1 is 0.952 bits per heavy atom. The molecule has 5 fully saturated rings. The van der Waals surface area contributed by atoms with Gasteiger partial charge in [0.25, 0.3) is 0 Å². The highest BCUT2D eigenvalue weighted by Gasteiger charge is 2.51. The average Bonchev–Trinajstić information content (AvgIpc) is 2.89. The van der Waals surface area contributed by atoms with Gasteiger partial charge in [0.2, 0.25) is 0 Å². The van der Waals surface area contributed by atoms with Crippen LogP contribution < -0.4 is 5.32 Å². The van der Waals surface area contributed by atoms with E-state index in [1.165, 1.54) is 45.1 Å². The molecule has 0 aromatic carbocycles. The van der Waals surface area contributed by atoms with E-state index in [9.17, 15) is 0 Å². The van der Waals surface area contributed by atoms with Gasteiger partial charge in [0.1, 0.15) is 0 Å². The molecule has 0 aromatic rings. The summed E-state index contributed by atoms with van der Waals surface area (Å²) in [4.78, 5) is 0. The van der Waals surface area contributed by atoms with Crippen LogP contribution in [0.25, 0.3) is 0 Å². The molecule has 120 valence electrons. The molecule has 1 atom stereocenters. The molecule has 5 rings (SSSR count). The standard InChI is InChI=1S/C20H35N/c1-2-21-19(10-15-5-3-4-6-15)14-20-11-16-7-17(12-20)9-18(8-16)13-20/h15-19,21H,2-14H2,1H3. The molecule has 4 bridgehead atoms. The van der Waals surface area contributed by atoms with Crippen molar-refractivity contribution in [3.63, 3.8) is 0 Å². The quantitative estimate of drug-likeness (QED) is 0.713. The lowest BCUT2D eigenvalue weighted by atomic mass is 9.48. The molecule has 5 aliphatic rings. The van der Waals surface area contributed by atoms with Crippen molar-refractivity contribution in [2.45, 2.75) is 90.0 Å². The van der Waals surface area contributed by atoms with Gasteiger partial charge in [-0.2, -0.15) is 0 Å². The highest BCUT2D eigenvalue weighted by atomic mass is 14.9. The summed E-state index contributed by atoms with van der Waals surface area (Å²) < 4.78 is 0. The zero-order valence-corrected chi connectivity index (χ0v) is 14.1. The predicted molar refractivity (Wildman–Crippen MR) is 89.3 cm³/mol. The first-order valence-corrected chi connectivity index (χ1v) is 9.98. The Hall–Kier alpha value is -0.0400. The largest absolute Gasteiger partial charge is 0.314 e. The third-order valence-corrected chi connectivity index (χ3v) is 7.43. The van der Waals surface area contributed by atoms with Crippen molar-refractivity contribution in [2.24, 2.45) is 29.1 Å². The lowest BCUT2D eigenvalue weighted by Crippen LogP contribution is -2.49. The van der Waals surface area contributed by atoms with Crippen LogP contribution in [-0.4, -0.2) is 12.6 Å². The number of hydrogen-bond acceptors (Lipinski definition) is 1. The molecule has 0 aliphatic heterocycles. The second-order valence-electron chi connectivity index (χ2n) is 9.26. The van der Waals surface area contributed by atoms with E-state index >= 15 is 0 Å². The lowest BCUT2D eigenvalue weighted by molar-refractivity contribution is -0.0629. The summed E-state index contributed by atoms with van der Waals surface area (Å²) in [6.07, 6.45) is 18.6. The molecule has 5 aliphatic carbocycles. The minimum atomic E-state index is 0.764. The maximum atomic E-state index is 3.88. The van der Waals surface area contributed by atoms with Crippen molar-refractivity contribution in [3.8, 4) is 0 Å². The summed E-state index contributed by atoms with van der Waals surface area (Å²) in [5, 5.41) is 3.88. The van der Waals surface area contributed by atoms with E-state index in [-0.39, 0.29) is 0 Å². The van der Waals surface area contributed by atoms with E-state index < -0.39 is 0 Å². The van der Waals surface area contributed by atoms with E-state index in [0.717, 1.165) is 35.1 Å². The first-order valence-electron chi connectivity index (χ1n) is 9.98. The predicted octanol–water partition coefficient (Wildman–Crippen LogP) is 5.15. The first-order chi connectivity index (χ1) is 10.2. The van der Waals surface area contributed by atoms with Gasteiger partial charge in [0.15, 0.2) is 0 Å². The number of nitrogens with one attached hydrogen (secondary N) is 1. The van der Waals surface area contributed by atoms with Crippen molar-refractivity contribution in [1.82, 2.24) is 5.32 Å². The third-order valence-electron chi connectivity index (χ3n) is 7.43. The fraction of sp³-hybridized carbons (Fsp3) is 1.00. The van der Waals surface area contributed by atoms with E-state index in [2.05, 4.69) is 12.2 Å². The molecule has 0 saturated heterocycles. The van der Waals surface area contributed by atoms with Gasteiger partial charge in [-0.1, -0.05) is 32.6 Å². The molecule has 1 nitrogen and oxygen atoms in total. The molecule has 5 saturated carbocycles. The van der Waals surface area contributed by atoms with Crippen LogP contribution in [0.4, 0.5) is 0 Å². The first kappa shape index (κ1) is 14.5. The van der Waals surface area contributed by atoms with Crippen molar-refractivity contribution >= 4 is 0 Å². The van der Waals surface area contributed by atoms with Crippen LogP contribution in [0.3, 0.4) is 0 Å². The van der Waals surface area contributed by atoms with Crippen LogP contribution in [0.2, 0.25) is 0 Å². The third kappa shape index (κ3) is 3.05. The van der Waals surface area contributed by atoms with Crippen LogP contribution >= 0.6 is 0 Å². The Labute approximate surface area is 131 Å². The molecule has 21 heavy (non-hydrogen) atoms. The van der Waals surface area contributed by atoms with Gasteiger partial charge in [-0.3, -0.25) is 0 Å². The Morgan fingerprint density at radius 3 is 2.05 bits per heavy atom. The monoisotopic (exact) mass is 289 g/mol. The minimum absolute atomic E-state index is 0.764. The molecule has 0 radical (unpaired) electrons. The Bertz CT molecular complexity index is 320. The topological polar surface area (TPSA) is 12.0 Å². The van der Waals surface area contributed by atoms with Crippen molar-refractivity contribution in [1.29, 1.82) is 0 Å². The Kier molecular flexibility index (Phi) is 4.07. The smallest absolute Gasteiger partial charge is 0.00748 e. The molecular formula is C20H35N. The van der Waals surface area contributed by atoms with E-state index in [0.29, 0.717) is 0 Å². The zero-order chi connectivity index (χ0) is 14.3. The van der Waals surface area contributed by atoms with Crippen LogP contribution in [0.15, 0.2) is 0 Å². The van der Waals surface area contributed by atoms with Gasteiger partial charge < -0.3 is 5.32 Å². The number of hydrogen-bond donors (Lipinski definition) is 1. The average molecular weight is 290 g/mol. The van der Waals surface area contributed by atoms with Crippen molar-refractivity contribution in [2.75, 3.05) is 6.54 Å². The van der Waals surface area contributed by atoms with Gasteiger partial charge >= 0.3 is 0 Å². The van der Waals surface area contributed by atoms with Gasteiger partial charge in [-0.15, -0.1) is 0 Å². The summed E-state index contributed by atoms with van der Waals surface area (Å²) in [6, 6.07) is 0.828. The summed E-state index contributed by atoms with van der Waals surface area (Å²) in [7, 11) is 0. The number of rotatable bonds is 6. The maximum Gasteiger partial charge on any atom is 0.00748 e.